The molecule has 0 aliphatic carbocycles. The number of hydrogen-bond donors (Lipinski definition) is 0. The third-order valence-electron chi connectivity index (χ3n) is 4.13. The van der Waals surface area contributed by atoms with Crippen LogP contribution in [0.3, 0.4) is 0 Å². The minimum absolute atomic E-state index is 0.190. The van der Waals surface area contributed by atoms with E-state index in [1.54, 1.807) is 6.20 Å². The Balaban J connectivity index is 1.87. The lowest BCUT2D eigenvalue weighted by atomic mass is 9.92. The predicted molar refractivity (Wildman–Crippen MR) is 87.9 cm³/mol. The molecule has 1 amide bonds. The fourth-order valence-electron chi connectivity index (χ4n) is 2.93. The summed E-state index contributed by atoms with van der Waals surface area (Å²) in [6, 6.07) is 13.4. The fraction of sp³-hybridized carbons (Fsp3) is 0.333. The third-order valence-corrected chi connectivity index (χ3v) is 4.38. The van der Waals surface area contributed by atoms with Gasteiger partial charge in [-0.05, 0) is 42.7 Å². The van der Waals surface area contributed by atoms with Crippen LogP contribution in [0.4, 0.5) is 0 Å². The Morgan fingerprint density at radius 2 is 1.86 bits per heavy atom. The molecule has 1 aromatic heterocycles. The largest absolute Gasteiger partial charge is 0.342 e. The number of hydrogen-bond acceptors (Lipinski definition) is 2. The molecule has 1 aliphatic rings. The van der Waals surface area contributed by atoms with Gasteiger partial charge in [0, 0.05) is 36.4 Å². The first-order chi connectivity index (χ1) is 10.7. The van der Waals surface area contributed by atoms with Crippen molar-refractivity contribution in [3.05, 3.63) is 64.9 Å². The molecular weight excluding hydrogens is 296 g/mol. The topological polar surface area (TPSA) is 33.2 Å². The molecule has 1 aliphatic heterocycles. The zero-order chi connectivity index (χ0) is 15.4. The van der Waals surface area contributed by atoms with Crippen LogP contribution in [0.2, 0.25) is 5.02 Å². The van der Waals surface area contributed by atoms with Crippen LogP contribution in [0.15, 0.2) is 48.7 Å². The van der Waals surface area contributed by atoms with Gasteiger partial charge in [-0.1, -0.05) is 29.8 Å². The molecule has 0 spiro atoms. The minimum Gasteiger partial charge on any atom is -0.342 e. The van der Waals surface area contributed by atoms with E-state index in [0.717, 1.165) is 37.2 Å². The van der Waals surface area contributed by atoms with E-state index in [0.29, 0.717) is 11.4 Å². The Labute approximate surface area is 135 Å². The Hall–Kier alpha value is -1.87. The second-order valence-electron chi connectivity index (χ2n) is 5.66. The lowest BCUT2D eigenvalue weighted by Gasteiger charge is -2.23. The fourth-order valence-corrected chi connectivity index (χ4v) is 3.05. The van der Waals surface area contributed by atoms with Crippen LogP contribution in [0.5, 0.6) is 0 Å². The molecule has 0 radical (unpaired) electrons. The van der Waals surface area contributed by atoms with E-state index in [-0.39, 0.29) is 11.8 Å². The highest BCUT2D eigenvalue weighted by Gasteiger charge is 2.28. The van der Waals surface area contributed by atoms with Crippen molar-refractivity contribution in [3.8, 4) is 0 Å². The maximum Gasteiger partial charge on any atom is 0.230 e. The molecule has 0 N–H and O–H groups in total. The first-order valence-electron chi connectivity index (χ1n) is 7.68. The van der Waals surface area contributed by atoms with Gasteiger partial charge < -0.3 is 4.90 Å². The molecule has 1 atom stereocenters. The number of aromatic nitrogens is 1. The van der Waals surface area contributed by atoms with Crippen molar-refractivity contribution >= 4 is 17.5 Å². The van der Waals surface area contributed by atoms with Crippen LogP contribution < -0.4 is 0 Å². The van der Waals surface area contributed by atoms with E-state index < -0.39 is 0 Å². The van der Waals surface area contributed by atoms with Gasteiger partial charge in [-0.15, -0.1) is 0 Å². The van der Waals surface area contributed by atoms with Gasteiger partial charge in [0.15, 0.2) is 0 Å². The van der Waals surface area contributed by atoms with E-state index in [1.807, 2.05) is 47.4 Å². The summed E-state index contributed by atoms with van der Waals surface area (Å²) in [4.78, 5) is 19.2. The van der Waals surface area contributed by atoms with Gasteiger partial charge in [0.25, 0.3) is 0 Å². The highest BCUT2D eigenvalue weighted by Crippen LogP contribution is 2.26. The van der Waals surface area contributed by atoms with Gasteiger partial charge in [-0.2, -0.15) is 0 Å². The molecule has 1 unspecified atom stereocenters. The molecule has 1 fully saturated rings. The number of likely N-dealkylation sites (tertiary alicyclic amines) is 1. The Morgan fingerprint density at radius 1 is 1.14 bits per heavy atom. The SMILES string of the molecule is O=C(C(Cc1ccccn1)c1ccc(Cl)cc1)N1CCCC1. The third kappa shape index (κ3) is 3.47. The molecule has 1 saturated heterocycles. The average molecular weight is 315 g/mol. The molecule has 0 bridgehead atoms. The monoisotopic (exact) mass is 314 g/mol. The lowest BCUT2D eigenvalue weighted by Crippen LogP contribution is -2.33. The van der Waals surface area contributed by atoms with Crippen LogP contribution in [0, 0.1) is 0 Å². The van der Waals surface area contributed by atoms with E-state index in [4.69, 9.17) is 11.6 Å². The number of benzene rings is 1. The second-order valence-corrected chi connectivity index (χ2v) is 6.10. The molecule has 4 heteroatoms. The number of carbonyl (C=O) groups excluding carboxylic acids is 1. The predicted octanol–water partition coefficient (Wildman–Crippen LogP) is 3.68. The van der Waals surface area contributed by atoms with Crippen molar-refractivity contribution in [2.75, 3.05) is 13.1 Å². The van der Waals surface area contributed by atoms with E-state index in [1.165, 1.54) is 0 Å². The van der Waals surface area contributed by atoms with Crippen LogP contribution in [0.25, 0.3) is 0 Å². The number of rotatable bonds is 4. The zero-order valence-corrected chi connectivity index (χ0v) is 13.2. The van der Waals surface area contributed by atoms with Gasteiger partial charge in [-0.3, -0.25) is 9.78 Å². The number of amides is 1. The lowest BCUT2D eigenvalue weighted by molar-refractivity contribution is -0.131. The number of carbonyl (C=O) groups is 1. The smallest absolute Gasteiger partial charge is 0.230 e. The summed E-state index contributed by atoms with van der Waals surface area (Å²) in [7, 11) is 0. The standard InChI is InChI=1S/C18H19ClN2O/c19-15-8-6-14(7-9-15)17(13-16-5-1-2-10-20-16)18(22)21-11-3-4-12-21/h1-2,5-10,17H,3-4,11-13H2. The number of nitrogens with zero attached hydrogens (tertiary/aromatic N) is 2. The molecule has 3 nitrogen and oxygen atoms in total. The summed E-state index contributed by atoms with van der Waals surface area (Å²) in [5.74, 6) is 0.00995. The number of pyridine rings is 1. The Morgan fingerprint density at radius 3 is 2.50 bits per heavy atom. The van der Waals surface area contributed by atoms with E-state index in [9.17, 15) is 4.79 Å². The van der Waals surface area contributed by atoms with Crippen LogP contribution >= 0.6 is 11.6 Å². The van der Waals surface area contributed by atoms with Gasteiger partial charge in [-0.25, -0.2) is 0 Å². The molecular formula is C18H19ClN2O. The van der Waals surface area contributed by atoms with Crippen molar-refractivity contribution in [1.82, 2.24) is 9.88 Å². The normalized spacial score (nSPS) is 15.8. The molecule has 1 aromatic carbocycles. The van der Waals surface area contributed by atoms with Crippen LogP contribution in [-0.2, 0) is 11.2 Å². The highest BCUT2D eigenvalue weighted by molar-refractivity contribution is 6.30. The van der Waals surface area contributed by atoms with Crippen LogP contribution in [0.1, 0.15) is 30.0 Å². The van der Waals surface area contributed by atoms with Gasteiger partial charge in [0.2, 0.25) is 5.91 Å². The van der Waals surface area contributed by atoms with Crippen molar-refractivity contribution in [2.45, 2.75) is 25.2 Å². The summed E-state index contributed by atoms with van der Waals surface area (Å²) in [5.41, 5.74) is 1.95. The minimum atomic E-state index is -0.190. The molecule has 0 saturated carbocycles. The summed E-state index contributed by atoms with van der Waals surface area (Å²) in [5, 5.41) is 0.689. The number of halogens is 1. The van der Waals surface area contributed by atoms with Crippen LogP contribution in [-0.4, -0.2) is 28.9 Å². The molecule has 2 aromatic rings. The van der Waals surface area contributed by atoms with Gasteiger partial charge in [0.05, 0.1) is 5.92 Å². The Kier molecular flexibility index (Phi) is 4.74. The first-order valence-corrected chi connectivity index (χ1v) is 8.06. The average Bonchev–Trinajstić information content (AvgIpc) is 3.08. The van der Waals surface area contributed by atoms with Crippen molar-refractivity contribution in [2.24, 2.45) is 0 Å². The van der Waals surface area contributed by atoms with E-state index >= 15 is 0 Å². The van der Waals surface area contributed by atoms with Crippen molar-refractivity contribution in [3.63, 3.8) is 0 Å². The summed E-state index contributed by atoms with van der Waals surface area (Å²) >= 11 is 5.98. The van der Waals surface area contributed by atoms with Crippen molar-refractivity contribution in [1.29, 1.82) is 0 Å². The molecule has 3 rings (SSSR count). The van der Waals surface area contributed by atoms with E-state index in [2.05, 4.69) is 4.98 Å². The maximum absolute atomic E-state index is 12.9. The highest BCUT2D eigenvalue weighted by atomic mass is 35.5. The van der Waals surface area contributed by atoms with Gasteiger partial charge in [0.1, 0.15) is 0 Å². The molecule has 2 heterocycles. The molecule has 114 valence electrons. The zero-order valence-electron chi connectivity index (χ0n) is 12.4. The van der Waals surface area contributed by atoms with Crippen molar-refractivity contribution < 1.29 is 4.79 Å². The summed E-state index contributed by atoms with van der Waals surface area (Å²) < 4.78 is 0. The maximum atomic E-state index is 12.9. The first kappa shape index (κ1) is 15.0. The molecule has 22 heavy (non-hydrogen) atoms. The summed E-state index contributed by atoms with van der Waals surface area (Å²) in [6.45, 7) is 1.73. The van der Waals surface area contributed by atoms with Gasteiger partial charge >= 0.3 is 0 Å². The second kappa shape index (κ2) is 6.93. The summed E-state index contributed by atoms with van der Waals surface area (Å²) in [6.07, 6.45) is 4.59. The Bertz CT molecular complexity index is 621. The quantitative estimate of drug-likeness (QED) is 0.862.